The number of hydrogen-bond acceptors (Lipinski definition) is 3. The predicted octanol–water partition coefficient (Wildman–Crippen LogP) is 2.58. The number of imidazole rings is 1. The maximum absolute atomic E-state index is 4.65. The lowest BCUT2D eigenvalue weighted by Gasteiger charge is -2.32. The number of piperidine rings is 1. The maximum atomic E-state index is 4.65. The van der Waals surface area contributed by atoms with Gasteiger partial charge >= 0.3 is 0 Å². The van der Waals surface area contributed by atoms with Crippen molar-refractivity contribution in [2.24, 2.45) is 13.0 Å². The largest absolute Gasteiger partial charge is 0.337 e. The van der Waals surface area contributed by atoms with E-state index in [4.69, 9.17) is 0 Å². The number of nitrogens with zero attached hydrogens (tertiary/aromatic N) is 4. The number of hydrogen-bond donors (Lipinski definition) is 0. The fourth-order valence-corrected chi connectivity index (χ4v) is 3.22. The first-order valence-electron chi connectivity index (χ1n) is 7.82. The molecule has 1 saturated heterocycles. The van der Waals surface area contributed by atoms with E-state index >= 15 is 0 Å². The Morgan fingerprint density at radius 3 is 3.00 bits per heavy atom. The van der Waals surface area contributed by atoms with Gasteiger partial charge in [-0.25, -0.2) is 4.98 Å². The summed E-state index contributed by atoms with van der Waals surface area (Å²) in [6.07, 6.45) is 7.59. The third kappa shape index (κ3) is 3.70. The van der Waals surface area contributed by atoms with Gasteiger partial charge < -0.3 is 4.57 Å². The maximum Gasteiger partial charge on any atom is 0.122 e. The average molecular weight is 284 g/mol. The molecule has 0 saturated carbocycles. The van der Waals surface area contributed by atoms with E-state index in [1.54, 1.807) is 0 Å². The second kappa shape index (κ2) is 6.39. The molecule has 1 fully saturated rings. The minimum Gasteiger partial charge on any atom is -0.337 e. The lowest BCUT2D eigenvalue weighted by atomic mass is 9.93. The third-order valence-corrected chi connectivity index (χ3v) is 4.33. The molecule has 112 valence electrons. The van der Waals surface area contributed by atoms with Crippen molar-refractivity contribution in [1.82, 2.24) is 19.4 Å². The van der Waals surface area contributed by atoms with E-state index in [1.807, 2.05) is 12.4 Å². The SMILES string of the molecule is Cc1cccc(C[C@H]2CCCN(Cc3nccn3C)C2)n1. The molecule has 1 atom stereocenters. The number of aryl methyl sites for hydroxylation is 2. The first-order chi connectivity index (χ1) is 10.2. The second-order valence-electron chi connectivity index (χ2n) is 6.17. The molecular formula is C17H24N4. The van der Waals surface area contributed by atoms with Crippen LogP contribution < -0.4 is 0 Å². The number of likely N-dealkylation sites (tertiary alicyclic amines) is 1. The molecule has 0 radical (unpaired) electrons. The van der Waals surface area contributed by atoms with Gasteiger partial charge in [-0.2, -0.15) is 0 Å². The smallest absolute Gasteiger partial charge is 0.122 e. The fraction of sp³-hybridized carbons (Fsp3) is 0.529. The molecule has 0 aliphatic carbocycles. The highest BCUT2D eigenvalue weighted by Gasteiger charge is 2.21. The van der Waals surface area contributed by atoms with Crippen molar-refractivity contribution in [2.75, 3.05) is 13.1 Å². The highest BCUT2D eigenvalue weighted by atomic mass is 15.2. The van der Waals surface area contributed by atoms with Crippen molar-refractivity contribution in [3.8, 4) is 0 Å². The summed E-state index contributed by atoms with van der Waals surface area (Å²) in [5, 5.41) is 0. The van der Waals surface area contributed by atoms with Crippen LogP contribution in [0.5, 0.6) is 0 Å². The zero-order valence-corrected chi connectivity index (χ0v) is 13.0. The Morgan fingerprint density at radius 2 is 2.24 bits per heavy atom. The van der Waals surface area contributed by atoms with Gasteiger partial charge in [-0.3, -0.25) is 9.88 Å². The zero-order valence-electron chi connectivity index (χ0n) is 13.0. The molecule has 1 aliphatic heterocycles. The topological polar surface area (TPSA) is 34.0 Å². The van der Waals surface area contributed by atoms with E-state index in [-0.39, 0.29) is 0 Å². The van der Waals surface area contributed by atoms with Crippen LogP contribution in [-0.2, 0) is 20.0 Å². The van der Waals surface area contributed by atoms with Gasteiger partial charge in [-0.15, -0.1) is 0 Å². The molecule has 4 heteroatoms. The van der Waals surface area contributed by atoms with Crippen LogP contribution in [0.2, 0.25) is 0 Å². The zero-order chi connectivity index (χ0) is 14.7. The van der Waals surface area contributed by atoms with Crippen LogP contribution in [0, 0.1) is 12.8 Å². The summed E-state index contributed by atoms with van der Waals surface area (Å²) in [6, 6.07) is 6.34. The standard InChI is InChI=1S/C17H24N4/c1-14-5-3-7-16(19-14)11-15-6-4-9-21(12-15)13-17-18-8-10-20(17)2/h3,5,7-8,10,15H,4,6,9,11-13H2,1-2H3/t15-/m1/s1. The number of aromatic nitrogens is 3. The van der Waals surface area contributed by atoms with Crippen LogP contribution in [0.4, 0.5) is 0 Å². The molecule has 0 amide bonds. The van der Waals surface area contributed by atoms with Crippen LogP contribution in [-0.4, -0.2) is 32.5 Å². The summed E-state index contributed by atoms with van der Waals surface area (Å²) in [6.45, 7) is 5.37. The van der Waals surface area contributed by atoms with Crippen molar-refractivity contribution >= 4 is 0 Å². The minimum absolute atomic E-state index is 0.716. The van der Waals surface area contributed by atoms with Crippen molar-refractivity contribution in [3.05, 3.63) is 47.8 Å². The molecule has 2 aromatic heterocycles. The van der Waals surface area contributed by atoms with E-state index in [1.165, 1.54) is 25.1 Å². The highest BCUT2D eigenvalue weighted by Crippen LogP contribution is 2.21. The molecule has 4 nitrogen and oxygen atoms in total. The van der Waals surface area contributed by atoms with Crippen molar-refractivity contribution in [3.63, 3.8) is 0 Å². The minimum atomic E-state index is 0.716. The molecule has 3 rings (SSSR count). The van der Waals surface area contributed by atoms with Crippen LogP contribution in [0.25, 0.3) is 0 Å². The van der Waals surface area contributed by atoms with Crippen LogP contribution in [0.3, 0.4) is 0 Å². The Labute approximate surface area is 126 Å². The first-order valence-corrected chi connectivity index (χ1v) is 7.82. The van der Waals surface area contributed by atoms with Gasteiger partial charge in [-0.05, 0) is 50.8 Å². The van der Waals surface area contributed by atoms with Gasteiger partial charge in [0.25, 0.3) is 0 Å². The molecule has 0 N–H and O–H groups in total. The number of pyridine rings is 1. The van der Waals surface area contributed by atoms with Crippen LogP contribution in [0.15, 0.2) is 30.6 Å². The number of rotatable bonds is 4. The summed E-state index contributed by atoms with van der Waals surface area (Å²) < 4.78 is 2.12. The molecule has 0 unspecified atom stereocenters. The second-order valence-corrected chi connectivity index (χ2v) is 6.17. The molecule has 0 spiro atoms. The van der Waals surface area contributed by atoms with E-state index in [0.717, 1.165) is 31.0 Å². The van der Waals surface area contributed by atoms with Gasteiger partial charge in [-0.1, -0.05) is 6.07 Å². The molecule has 2 aromatic rings. The van der Waals surface area contributed by atoms with Gasteiger partial charge in [0.05, 0.1) is 6.54 Å². The Bertz CT molecular complexity index is 590. The van der Waals surface area contributed by atoms with Crippen molar-refractivity contribution in [2.45, 2.75) is 32.7 Å². The molecular weight excluding hydrogens is 260 g/mol. The third-order valence-electron chi connectivity index (χ3n) is 4.33. The van der Waals surface area contributed by atoms with Crippen LogP contribution in [0.1, 0.15) is 30.1 Å². The summed E-state index contributed by atoms with van der Waals surface area (Å²) in [7, 11) is 2.07. The lowest BCUT2D eigenvalue weighted by Crippen LogP contribution is -2.36. The summed E-state index contributed by atoms with van der Waals surface area (Å²) in [4.78, 5) is 11.6. The van der Waals surface area contributed by atoms with E-state index < -0.39 is 0 Å². The quantitative estimate of drug-likeness (QED) is 0.865. The van der Waals surface area contributed by atoms with Gasteiger partial charge in [0.15, 0.2) is 0 Å². The van der Waals surface area contributed by atoms with E-state index in [2.05, 4.69) is 51.6 Å². The summed E-state index contributed by atoms with van der Waals surface area (Å²) >= 11 is 0. The van der Waals surface area contributed by atoms with Crippen molar-refractivity contribution in [1.29, 1.82) is 0 Å². The fourth-order valence-electron chi connectivity index (χ4n) is 3.22. The highest BCUT2D eigenvalue weighted by molar-refractivity contribution is 5.10. The van der Waals surface area contributed by atoms with E-state index in [0.29, 0.717) is 5.92 Å². The van der Waals surface area contributed by atoms with E-state index in [9.17, 15) is 0 Å². The Morgan fingerprint density at radius 1 is 1.33 bits per heavy atom. The monoisotopic (exact) mass is 284 g/mol. The molecule has 1 aliphatic rings. The average Bonchev–Trinajstić information content (AvgIpc) is 2.85. The lowest BCUT2D eigenvalue weighted by molar-refractivity contribution is 0.161. The molecule has 0 bridgehead atoms. The normalized spacial score (nSPS) is 19.8. The summed E-state index contributed by atoms with van der Waals surface area (Å²) in [5.41, 5.74) is 2.35. The Hall–Kier alpha value is -1.68. The molecule has 0 aromatic carbocycles. The predicted molar refractivity (Wildman–Crippen MR) is 83.9 cm³/mol. The summed E-state index contributed by atoms with van der Waals surface area (Å²) in [5.74, 6) is 1.87. The first kappa shape index (κ1) is 14.3. The molecule has 21 heavy (non-hydrogen) atoms. The Kier molecular flexibility index (Phi) is 4.34. The Balaban J connectivity index is 1.59. The van der Waals surface area contributed by atoms with Crippen LogP contribution >= 0.6 is 0 Å². The molecule has 3 heterocycles. The van der Waals surface area contributed by atoms with Gasteiger partial charge in [0.1, 0.15) is 5.82 Å². The van der Waals surface area contributed by atoms with Gasteiger partial charge in [0, 0.05) is 37.4 Å². The van der Waals surface area contributed by atoms with Crippen molar-refractivity contribution < 1.29 is 0 Å². The van der Waals surface area contributed by atoms with Gasteiger partial charge in [0.2, 0.25) is 0 Å².